The molecule has 5 nitrogen and oxygen atoms in total. The van der Waals surface area contributed by atoms with Crippen LogP contribution in [-0.4, -0.2) is 62.5 Å². The van der Waals surface area contributed by atoms with Crippen molar-refractivity contribution in [1.82, 2.24) is 4.90 Å². The van der Waals surface area contributed by atoms with Gasteiger partial charge in [-0.3, -0.25) is 4.79 Å². The van der Waals surface area contributed by atoms with E-state index in [9.17, 15) is 4.79 Å². The largest absolute Gasteiger partial charge is 0.384 e. The molecule has 0 radical (unpaired) electrons. The van der Waals surface area contributed by atoms with Crippen LogP contribution < -0.4 is 0 Å². The van der Waals surface area contributed by atoms with Crippen LogP contribution in [0.4, 0.5) is 0 Å². The predicted octanol–water partition coefficient (Wildman–Crippen LogP) is 1.22. The highest BCUT2D eigenvalue weighted by atomic mass is 32.1. The Balaban J connectivity index is 2.96. The van der Waals surface area contributed by atoms with Crippen molar-refractivity contribution in [1.29, 1.82) is 0 Å². The van der Waals surface area contributed by atoms with Gasteiger partial charge in [0.2, 0.25) is 0 Å². The highest BCUT2D eigenvalue weighted by Crippen LogP contribution is 2.19. The maximum Gasteiger partial charge on any atom is 0.265 e. The van der Waals surface area contributed by atoms with Crippen LogP contribution in [0.25, 0.3) is 0 Å². The van der Waals surface area contributed by atoms with E-state index in [4.69, 9.17) is 14.6 Å². The lowest BCUT2D eigenvalue weighted by molar-refractivity contribution is 0.0483. The minimum Gasteiger partial charge on any atom is -0.384 e. The van der Waals surface area contributed by atoms with E-state index in [0.29, 0.717) is 30.2 Å². The van der Waals surface area contributed by atoms with Crippen LogP contribution in [0.2, 0.25) is 0 Å². The van der Waals surface area contributed by atoms with Crippen LogP contribution in [-0.2, 0) is 9.47 Å². The number of methoxy groups -OCH3 is 2. The van der Waals surface area contributed by atoms with Gasteiger partial charge in [-0.2, -0.15) is 0 Å². The first-order valence-corrected chi connectivity index (χ1v) is 7.49. The fraction of sp³-hybridized carbons (Fsp3) is 0.533. The first-order chi connectivity index (χ1) is 10.2. The number of amides is 1. The van der Waals surface area contributed by atoms with E-state index in [1.54, 1.807) is 25.2 Å². The van der Waals surface area contributed by atoms with Crippen molar-refractivity contribution < 1.29 is 19.4 Å². The second-order valence-electron chi connectivity index (χ2n) is 4.42. The zero-order chi connectivity index (χ0) is 15.7. The van der Waals surface area contributed by atoms with E-state index in [0.717, 1.165) is 0 Å². The molecule has 116 valence electrons. The smallest absolute Gasteiger partial charge is 0.265 e. The molecule has 1 aromatic heterocycles. The van der Waals surface area contributed by atoms with Crippen LogP contribution in [0.5, 0.6) is 0 Å². The first-order valence-electron chi connectivity index (χ1n) is 6.61. The van der Waals surface area contributed by atoms with Crippen molar-refractivity contribution in [2.24, 2.45) is 0 Å². The Hall–Kier alpha value is -1.39. The third-order valence-corrected chi connectivity index (χ3v) is 3.80. The van der Waals surface area contributed by atoms with E-state index in [2.05, 4.69) is 11.8 Å². The van der Waals surface area contributed by atoms with E-state index in [-0.39, 0.29) is 18.6 Å². The molecule has 0 aromatic carbocycles. The second kappa shape index (κ2) is 9.53. The molecule has 1 unspecified atom stereocenters. The summed E-state index contributed by atoms with van der Waals surface area (Å²) < 4.78 is 10.2. The Morgan fingerprint density at radius 2 is 2.24 bits per heavy atom. The minimum atomic E-state index is -0.225. The number of carbonyl (C=O) groups excluding carboxylic acids is 1. The summed E-state index contributed by atoms with van der Waals surface area (Å²) in [4.78, 5) is 15.0. The maximum atomic E-state index is 12.7. The summed E-state index contributed by atoms with van der Waals surface area (Å²) in [6.45, 7) is 3.12. The number of hydrogen-bond donors (Lipinski definition) is 1. The predicted molar refractivity (Wildman–Crippen MR) is 82.5 cm³/mol. The van der Waals surface area contributed by atoms with E-state index >= 15 is 0 Å². The second-order valence-corrected chi connectivity index (χ2v) is 5.34. The zero-order valence-electron chi connectivity index (χ0n) is 12.6. The number of ether oxygens (including phenoxy) is 2. The van der Waals surface area contributed by atoms with Crippen molar-refractivity contribution >= 4 is 17.2 Å². The highest BCUT2D eigenvalue weighted by Gasteiger charge is 2.24. The number of aliphatic hydroxyl groups excluding tert-OH is 1. The van der Waals surface area contributed by atoms with Crippen molar-refractivity contribution in [2.75, 3.05) is 40.6 Å². The van der Waals surface area contributed by atoms with Gasteiger partial charge in [-0.1, -0.05) is 11.8 Å². The molecule has 1 rings (SSSR count). The monoisotopic (exact) mass is 311 g/mol. The molecule has 0 saturated carbocycles. The minimum absolute atomic E-state index is 0.0570. The van der Waals surface area contributed by atoms with Gasteiger partial charge in [0, 0.05) is 26.3 Å². The average Bonchev–Trinajstić information content (AvgIpc) is 2.94. The van der Waals surface area contributed by atoms with Crippen LogP contribution in [0.3, 0.4) is 0 Å². The summed E-state index contributed by atoms with van der Waals surface area (Å²) in [6.07, 6.45) is 0. The van der Waals surface area contributed by atoms with Crippen molar-refractivity contribution in [3.8, 4) is 11.8 Å². The number of rotatable bonds is 7. The molecular weight excluding hydrogens is 290 g/mol. The molecule has 0 spiro atoms. The third kappa shape index (κ3) is 5.14. The average molecular weight is 311 g/mol. The van der Waals surface area contributed by atoms with Gasteiger partial charge in [-0.05, 0) is 18.4 Å². The fourth-order valence-electron chi connectivity index (χ4n) is 1.88. The lowest BCUT2D eigenvalue weighted by Gasteiger charge is -2.28. The molecule has 0 bridgehead atoms. The molecule has 1 atom stereocenters. The zero-order valence-corrected chi connectivity index (χ0v) is 13.4. The topological polar surface area (TPSA) is 59.0 Å². The molecule has 21 heavy (non-hydrogen) atoms. The van der Waals surface area contributed by atoms with Crippen LogP contribution in [0.15, 0.2) is 11.4 Å². The third-order valence-electron chi connectivity index (χ3n) is 2.90. The van der Waals surface area contributed by atoms with Crippen LogP contribution in [0.1, 0.15) is 22.2 Å². The molecule has 0 aliphatic heterocycles. The fourth-order valence-corrected chi connectivity index (χ4v) is 2.69. The SMILES string of the molecule is COCCN(C(=O)c1sccc1C#CCO)C(C)COC. The molecule has 0 saturated heterocycles. The molecule has 6 heteroatoms. The van der Waals surface area contributed by atoms with Gasteiger partial charge in [0.15, 0.2) is 0 Å². The summed E-state index contributed by atoms with van der Waals surface area (Å²) in [5, 5.41) is 10.6. The highest BCUT2D eigenvalue weighted by molar-refractivity contribution is 7.12. The summed E-state index contributed by atoms with van der Waals surface area (Å²) >= 11 is 1.35. The molecule has 0 aliphatic carbocycles. The summed E-state index contributed by atoms with van der Waals surface area (Å²) in [7, 11) is 3.21. The molecule has 1 heterocycles. The van der Waals surface area contributed by atoms with Gasteiger partial charge in [0.1, 0.15) is 11.5 Å². The molecule has 1 amide bonds. The number of hydrogen-bond acceptors (Lipinski definition) is 5. The number of carbonyl (C=O) groups is 1. The molecule has 0 fully saturated rings. The summed E-state index contributed by atoms with van der Waals surface area (Å²) in [6, 6.07) is 1.73. The van der Waals surface area contributed by atoms with E-state index in [1.165, 1.54) is 11.3 Å². The number of nitrogens with zero attached hydrogens (tertiary/aromatic N) is 1. The standard InChI is InChI=1S/C15H21NO4S/c1-12(11-20-3)16(7-9-19-2)15(18)14-13(5-4-8-17)6-10-21-14/h6,10,12,17H,7-9,11H2,1-3H3. The van der Waals surface area contributed by atoms with Crippen molar-refractivity contribution in [2.45, 2.75) is 13.0 Å². The van der Waals surface area contributed by atoms with Gasteiger partial charge >= 0.3 is 0 Å². The van der Waals surface area contributed by atoms with Gasteiger partial charge in [0.05, 0.1) is 19.3 Å². The van der Waals surface area contributed by atoms with Crippen LogP contribution in [0, 0.1) is 11.8 Å². The Labute approximate surface area is 129 Å². The van der Waals surface area contributed by atoms with Gasteiger partial charge in [-0.25, -0.2) is 0 Å². The van der Waals surface area contributed by atoms with Gasteiger partial charge in [0.25, 0.3) is 5.91 Å². The first kappa shape index (κ1) is 17.7. The molecule has 1 N–H and O–H groups in total. The lowest BCUT2D eigenvalue weighted by atomic mass is 10.2. The quantitative estimate of drug-likeness (QED) is 0.769. The Bertz CT molecular complexity index is 503. The summed E-state index contributed by atoms with van der Waals surface area (Å²) in [5.74, 6) is 5.29. The van der Waals surface area contributed by atoms with Gasteiger partial charge in [-0.15, -0.1) is 11.3 Å². The van der Waals surface area contributed by atoms with E-state index in [1.807, 2.05) is 12.3 Å². The normalized spacial score (nSPS) is 11.6. The number of thiophene rings is 1. The maximum absolute atomic E-state index is 12.7. The Kier molecular flexibility index (Phi) is 8.01. The molecular formula is C15H21NO4S. The Morgan fingerprint density at radius 3 is 2.86 bits per heavy atom. The van der Waals surface area contributed by atoms with Gasteiger partial charge < -0.3 is 19.5 Å². The number of aliphatic hydroxyl groups is 1. The molecule has 0 aliphatic rings. The van der Waals surface area contributed by atoms with Crippen LogP contribution >= 0.6 is 11.3 Å². The Morgan fingerprint density at radius 1 is 1.48 bits per heavy atom. The van der Waals surface area contributed by atoms with E-state index < -0.39 is 0 Å². The molecule has 1 aromatic rings. The van der Waals surface area contributed by atoms with Crippen molar-refractivity contribution in [3.63, 3.8) is 0 Å². The lowest BCUT2D eigenvalue weighted by Crippen LogP contribution is -2.43. The summed E-state index contributed by atoms with van der Waals surface area (Å²) in [5.41, 5.74) is 0.645. The van der Waals surface area contributed by atoms with Crippen molar-refractivity contribution in [3.05, 3.63) is 21.9 Å².